The van der Waals surface area contributed by atoms with E-state index in [1.807, 2.05) is 49.5 Å². The number of nitrogens with one attached hydrogen (secondary N) is 2. The summed E-state index contributed by atoms with van der Waals surface area (Å²) in [4.78, 5) is 14.0. The number of rotatable bonds is 5. The van der Waals surface area contributed by atoms with Crippen molar-refractivity contribution in [1.29, 1.82) is 0 Å². The Balaban J connectivity index is 1.53. The fraction of sp³-hybridized carbons (Fsp3) is 0.0645. The SMILES string of the molecule is CNC(=O)c1c(-c2ccc(F)cc2)oc2cc(NC)c(-c3cccc(-c4cc5cccc(F)c5s4)c3)cc12. The summed E-state index contributed by atoms with van der Waals surface area (Å²) in [6, 6.07) is 24.8. The minimum atomic E-state index is -0.368. The smallest absolute Gasteiger partial charge is 0.255 e. The van der Waals surface area contributed by atoms with Gasteiger partial charge in [0, 0.05) is 47.2 Å². The Labute approximate surface area is 221 Å². The molecule has 4 nitrogen and oxygen atoms in total. The van der Waals surface area contributed by atoms with Crippen molar-refractivity contribution < 1.29 is 18.0 Å². The minimum absolute atomic E-state index is 0.225. The zero-order valence-corrected chi connectivity index (χ0v) is 21.4. The van der Waals surface area contributed by atoms with E-state index in [0.29, 0.717) is 32.6 Å². The van der Waals surface area contributed by atoms with E-state index in [2.05, 4.69) is 16.7 Å². The van der Waals surface area contributed by atoms with Crippen LogP contribution in [-0.2, 0) is 0 Å². The number of carbonyl (C=O) groups is 1. The summed E-state index contributed by atoms with van der Waals surface area (Å²) in [6.07, 6.45) is 0. The molecule has 0 saturated heterocycles. The van der Waals surface area contributed by atoms with Crippen LogP contribution in [0.2, 0.25) is 0 Å². The predicted molar refractivity (Wildman–Crippen MR) is 151 cm³/mol. The van der Waals surface area contributed by atoms with Crippen LogP contribution in [0, 0.1) is 11.6 Å². The van der Waals surface area contributed by atoms with E-state index < -0.39 is 0 Å². The maximum absolute atomic E-state index is 14.3. The van der Waals surface area contributed by atoms with E-state index in [1.165, 1.54) is 29.5 Å². The van der Waals surface area contributed by atoms with Gasteiger partial charge in [-0.05, 0) is 65.0 Å². The summed E-state index contributed by atoms with van der Waals surface area (Å²) in [7, 11) is 3.39. The maximum Gasteiger partial charge on any atom is 0.255 e. The molecule has 4 aromatic carbocycles. The fourth-order valence-electron chi connectivity index (χ4n) is 4.75. The highest BCUT2D eigenvalue weighted by Crippen LogP contribution is 2.41. The number of hydrogen-bond acceptors (Lipinski definition) is 4. The van der Waals surface area contributed by atoms with Gasteiger partial charge in [0.2, 0.25) is 0 Å². The van der Waals surface area contributed by atoms with Crippen molar-refractivity contribution in [2.45, 2.75) is 0 Å². The number of amides is 1. The Bertz CT molecular complexity index is 1840. The highest BCUT2D eigenvalue weighted by molar-refractivity contribution is 7.22. The first-order valence-electron chi connectivity index (χ1n) is 12.0. The lowest BCUT2D eigenvalue weighted by atomic mass is 9.97. The highest BCUT2D eigenvalue weighted by Gasteiger charge is 2.23. The number of benzene rings is 4. The zero-order valence-electron chi connectivity index (χ0n) is 20.6. The van der Waals surface area contributed by atoms with Crippen LogP contribution in [0.15, 0.2) is 89.3 Å². The molecule has 0 fully saturated rings. The molecule has 188 valence electrons. The van der Waals surface area contributed by atoms with Gasteiger partial charge in [-0.15, -0.1) is 11.3 Å². The summed E-state index contributed by atoms with van der Waals surface area (Å²) in [5, 5.41) is 7.45. The Kier molecular flexibility index (Phi) is 5.93. The maximum atomic E-state index is 14.3. The lowest BCUT2D eigenvalue weighted by Gasteiger charge is -2.11. The highest BCUT2D eigenvalue weighted by atomic mass is 32.1. The minimum Gasteiger partial charge on any atom is -0.455 e. The molecule has 0 atom stereocenters. The van der Waals surface area contributed by atoms with Crippen molar-refractivity contribution >= 4 is 44.0 Å². The lowest BCUT2D eigenvalue weighted by molar-refractivity contribution is 0.0964. The molecule has 6 rings (SSSR count). The third kappa shape index (κ3) is 4.01. The molecule has 38 heavy (non-hydrogen) atoms. The molecule has 6 aromatic rings. The van der Waals surface area contributed by atoms with Crippen LogP contribution in [-0.4, -0.2) is 20.0 Å². The molecule has 0 radical (unpaired) electrons. The average Bonchev–Trinajstić information content (AvgIpc) is 3.55. The number of hydrogen-bond donors (Lipinski definition) is 2. The van der Waals surface area contributed by atoms with E-state index in [1.54, 1.807) is 25.2 Å². The van der Waals surface area contributed by atoms with Gasteiger partial charge < -0.3 is 15.1 Å². The van der Waals surface area contributed by atoms with E-state index in [4.69, 9.17) is 4.42 Å². The average molecular weight is 525 g/mol. The third-order valence-electron chi connectivity index (χ3n) is 6.61. The standard InChI is InChI=1S/C31H22F2N2O2S/c1-34-25-16-26-23(28(31(36)35-2)29(37-26)17-9-11-21(32)12-10-17)15-22(25)18-5-3-6-19(13-18)27-14-20-7-4-8-24(33)30(20)38-27/h3-16,34H,1-2H3,(H,35,36). The van der Waals surface area contributed by atoms with Gasteiger partial charge >= 0.3 is 0 Å². The molecule has 0 bridgehead atoms. The van der Waals surface area contributed by atoms with Gasteiger partial charge in [0.25, 0.3) is 5.91 Å². The van der Waals surface area contributed by atoms with Crippen molar-refractivity contribution in [3.8, 4) is 32.9 Å². The zero-order chi connectivity index (χ0) is 26.4. The molecule has 0 aliphatic rings. The Morgan fingerprint density at radius 1 is 0.842 bits per heavy atom. The van der Waals surface area contributed by atoms with Gasteiger partial charge in [0.1, 0.15) is 23.0 Å². The van der Waals surface area contributed by atoms with Gasteiger partial charge in [0.15, 0.2) is 0 Å². The topological polar surface area (TPSA) is 54.3 Å². The third-order valence-corrected chi connectivity index (χ3v) is 7.82. The summed E-state index contributed by atoms with van der Waals surface area (Å²) in [5.74, 6) is -0.518. The molecule has 0 unspecified atom stereocenters. The quantitative estimate of drug-likeness (QED) is 0.238. The van der Waals surface area contributed by atoms with Crippen molar-refractivity contribution in [2.75, 3.05) is 19.4 Å². The van der Waals surface area contributed by atoms with Gasteiger partial charge in [-0.1, -0.05) is 30.3 Å². The molecule has 0 saturated carbocycles. The van der Waals surface area contributed by atoms with Gasteiger partial charge in [-0.2, -0.15) is 0 Å². The normalized spacial score (nSPS) is 11.3. The Morgan fingerprint density at radius 2 is 1.61 bits per heavy atom. The largest absolute Gasteiger partial charge is 0.455 e. The molecule has 1 amide bonds. The van der Waals surface area contributed by atoms with Crippen LogP contribution in [0.5, 0.6) is 0 Å². The molecule has 0 aliphatic heterocycles. The molecule has 0 aliphatic carbocycles. The number of thiophene rings is 1. The van der Waals surface area contributed by atoms with Crippen LogP contribution >= 0.6 is 11.3 Å². The lowest BCUT2D eigenvalue weighted by Crippen LogP contribution is -2.18. The van der Waals surface area contributed by atoms with Gasteiger partial charge in [-0.25, -0.2) is 8.78 Å². The summed E-state index contributed by atoms with van der Waals surface area (Å²) in [6.45, 7) is 0. The fourth-order valence-corrected chi connectivity index (χ4v) is 5.81. The molecule has 2 N–H and O–H groups in total. The first-order chi connectivity index (χ1) is 18.5. The summed E-state index contributed by atoms with van der Waals surface area (Å²) < 4.78 is 34.7. The number of halogens is 2. The van der Waals surface area contributed by atoms with Crippen molar-refractivity contribution in [2.24, 2.45) is 0 Å². The monoisotopic (exact) mass is 524 g/mol. The number of anilines is 1. The first-order valence-corrected chi connectivity index (χ1v) is 12.8. The molecule has 2 aromatic heterocycles. The predicted octanol–water partition coefficient (Wildman–Crippen LogP) is 8.33. The molecule has 2 heterocycles. The number of furan rings is 1. The van der Waals surface area contributed by atoms with E-state index in [-0.39, 0.29) is 17.5 Å². The molecule has 7 heteroatoms. The van der Waals surface area contributed by atoms with Crippen LogP contribution < -0.4 is 10.6 Å². The number of carbonyl (C=O) groups excluding carboxylic acids is 1. The van der Waals surface area contributed by atoms with Crippen LogP contribution in [0.1, 0.15) is 10.4 Å². The number of fused-ring (bicyclic) bond motifs is 2. The van der Waals surface area contributed by atoms with Gasteiger partial charge in [0.05, 0.1) is 10.3 Å². The molecular formula is C31H22F2N2O2S. The van der Waals surface area contributed by atoms with Crippen LogP contribution in [0.3, 0.4) is 0 Å². The van der Waals surface area contributed by atoms with Gasteiger partial charge in [-0.3, -0.25) is 4.79 Å². The Hall–Kier alpha value is -4.49. The van der Waals surface area contributed by atoms with Crippen molar-refractivity contribution in [3.63, 3.8) is 0 Å². The summed E-state index contributed by atoms with van der Waals surface area (Å²) >= 11 is 1.42. The second-order valence-corrected chi connectivity index (χ2v) is 9.94. The Morgan fingerprint density at radius 3 is 2.34 bits per heavy atom. The van der Waals surface area contributed by atoms with E-state index in [0.717, 1.165) is 32.6 Å². The molecule has 0 spiro atoms. The van der Waals surface area contributed by atoms with Crippen LogP contribution in [0.4, 0.5) is 14.5 Å². The van der Waals surface area contributed by atoms with Crippen LogP contribution in [0.25, 0.3) is 53.9 Å². The van der Waals surface area contributed by atoms with Crippen molar-refractivity contribution in [3.05, 3.63) is 102 Å². The second kappa shape index (κ2) is 9.43. The van der Waals surface area contributed by atoms with E-state index >= 15 is 0 Å². The first kappa shape index (κ1) is 23.9. The van der Waals surface area contributed by atoms with Crippen molar-refractivity contribution in [1.82, 2.24) is 5.32 Å². The summed E-state index contributed by atoms with van der Waals surface area (Å²) in [5.41, 5.74) is 5.12. The van der Waals surface area contributed by atoms with E-state index in [9.17, 15) is 13.6 Å². The second-order valence-electron chi connectivity index (χ2n) is 8.89. The molecular weight excluding hydrogens is 502 g/mol.